The third-order valence-electron chi connectivity index (χ3n) is 1.25. The van der Waals surface area contributed by atoms with Crippen LogP contribution in [0, 0.1) is 0 Å². The lowest BCUT2D eigenvalue weighted by molar-refractivity contribution is -0.154. The van der Waals surface area contributed by atoms with E-state index in [1.165, 1.54) is 0 Å². The van der Waals surface area contributed by atoms with E-state index in [-0.39, 0.29) is 5.57 Å². The topological polar surface area (TPSA) is 104 Å². The SMILES string of the molecule is C=C(CO)C(=O)OC(=O)C(=CO)CO. The highest BCUT2D eigenvalue weighted by Gasteiger charge is 2.16. The Balaban J connectivity index is 4.33. The van der Waals surface area contributed by atoms with Crippen LogP contribution in [0.4, 0.5) is 0 Å². The Bertz CT molecular complexity index is 278. The minimum absolute atomic E-state index is 0.298. The lowest BCUT2D eigenvalue weighted by Gasteiger charge is -2.03. The van der Waals surface area contributed by atoms with Gasteiger partial charge in [-0.2, -0.15) is 0 Å². The van der Waals surface area contributed by atoms with Gasteiger partial charge in [0.25, 0.3) is 0 Å². The van der Waals surface area contributed by atoms with Crippen molar-refractivity contribution < 1.29 is 29.6 Å². The average Bonchev–Trinajstić information content (AvgIpc) is 2.18. The minimum atomic E-state index is -1.19. The molecule has 0 spiro atoms. The molecule has 0 saturated heterocycles. The van der Waals surface area contributed by atoms with Gasteiger partial charge < -0.3 is 20.1 Å². The quantitative estimate of drug-likeness (QED) is 0.235. The van der Waals surface area contributed by atoms with E-state index in [1.54, 1.807) is 0 Å². The molecule has 0 atom stereocenters. The summed E-state index contributed by atoms with van der Waals surface area (Å²) < 4.78 is 4.12. The van der Waals surface area contributed by atoms with Crippen LogP contribution in [0.3, 0.4) is 0 Å². The Morgan fingerprint density at radius 3 is 2.14 bits per heavy atom. The fraction of sp³-hybridized carbons (Fsp3) is 0.250. The maximum Gasteiger partial charge on any atom is 0.347 e. The second-order valence-corrected chi connectivity index (χ2v) is 2.25. The number of hydrogen-bond acceptors (Lipinski definition) is 6. The van der Waals surface area contributed by atoms with Crippen LogP contribution in [0.15, 0.2) is 24.0 Å². The summed E-state index contributed by atoms with van der Waals surface area (Å²) in [6.07, 6.45) is 0.331. The van der Waals surface area contributed by atoms with E-state index in [2.05, 4.69) is 11.3 Å². The van der Waals surface area contributed by atoms with Gasteiger partial charge in [-0.1, -0.05) is 6.58 Å². The molecular formula is C8H10O6. The standard InChI is InChI=1S/C8H10O6/c1-5(2-9)7(12)14-8(13)6(3-10)4-11/h3,9-11H,1-2,4H2. The van der Waals surface area contributed by atoms with Crippen molar-refractivity contribution >= 4 is 11.9 Å². The van der Waals surface area contributed by atoms with Gasteiger partial charge in [0.15, 0.2) is 0 Å². The van der Waals surface area contributed by atoms with E-state index in [4.69, 9.17) is 15.3 Å². The van der Waals surface area contributed by atoms with Gasteiger partial charge in [-0.05, 0) is 0 Å². The lowest BCUT2D eigenvalue weighted by Crippen LogP contribution is -2.18. The molecule has 3 N–H and O–H groups in total. The number of rotatable bonds is 4. The highest BCUT2D eigenvalue weighted by Crippen LogP contribution is 2.00. The molecular weight excluding hydrogens is 192 g/mol. The Kier molecular flexibility index (Phi) is 5.20. The van der Waals surface area contributed by atoms with Crippen molar-refractivity contribution in [1.82, 2.24) is 0 Å². The Labute approximate surface area is 79.7 Å². The summed E-state index contributed by atoms with van der Waals surface area (Å²) in [5.41, 5.74) is -0.766. The predicted molar refractivity (Wildman–Crippen MR) is 45.1 cm³/mol. The molecule has 0 aromatic heterocycles. The molecule has 6 nitrogen and oxygen atoms in total. The summed E-state index contributed by atoms with van der Waals surface area (Å²) in [5.74, 6) is -2.29. The zero-order valence-electron chi connectivity index (χ0n) is 7.27. The summed E-state index contributed by atoms with van der Waals surface area (Å²) in [6.45, 7) is 1.72. The van der Waals surface area contributed by atoms with Crippen LogP contribution in [-0.4, -0.2) is 40.5 Å². The Morgan fingerprint density at radius 1 is 1.21 bits per heavy atom. The van der Waals surface area contributed by atoms with Crippen molar-refractivity contribution in [2.45, 2.75) is 0 Å². The molecule has 0 aliphatic heterocycles. The van der Waals surface area contributed by atoms with Gasteiger partial charge in [0.05, 0.1) is 30.6 Å². The predicted octanol–water partition coefficient (Wildman–Crippen LogP) is -0.961. The summed E-state index contributed by atoms with van der Waals surface area (Å²) in [5, 5.41) is 25.3. The van der Waals surface area contributed by atoms with Crippen molar-refractivity contribution in [2.75, 3.05) is 13.2 Å². The molecule has 14 heavy (non-hydrogen) atoms. The van der Waals surface area contributed by atoms with Gasteiger partial charge in [0, 0.05) is 0 Å². The lowest BCUT2D eigenvalue weighted by atomic mass is 10.3. The van der Waals surface area contributed by atoms with Crippen molar-refractivity contribution in [3.63, 3.8) is 0 Å². The second-order valence-electron chi connectivity index (χ2n) is 2.25. The average molecular weight is 202 g/mol. The minimum Gasteiger partial charge on any atom is -0.515 e. The first kappa shape index (κ1) is 12.3. The number of esters is 2. The smallest absolute Gasteiger partial charge is 0.347 e. The molecule has 0 fully saturated rings. The first-order valence-electron chi connectivity index (χ1n) is 3.56. The normalized spacial score (nSPS) is 10.9. The first-order valence-corrected chi connectivity index (χ1v) is 3.56. The molecule has 6 heteroatoms. The van der Waals surface area contributed by atoms with E-state index in [1.807, 2.05) is 0 Å². The molecule has 0 aliphatic rings. The third-order valence-corrected chi connectivity index (χ3v) is 1.25. The van der Waals surface area contributed by atoms with E-state index >= 15 is 0 Å². The van der Waals surface area contributed by atoms with Crippen LogP contribution in [-0.2, 0) is 14.3 Å². The molecule has 0 aromatic rings. The number of aliphatic hydroxyl groups is 3. The highest BCUT2D eigenvalue weighted by molar-refractivity contribution is 6.01. The van der Waals surface area contributed by atoms with E-state index in [9.17, 15) is 9.59 Å². The zero-order chi connectivity index (χ0) is 11.1. The number of hydrogen-bond donors (Lipinski definition) is 3. The molecule has 0 aliphatic carbocycles. The Hall–Kier alpha value is -1.66. The number of carbonyl (C=O) groups excluding carboxylic acids is 2. The number of carbonyl (C=O) groups is 2. The third kappa shape index (κ3) is 3.38. The van der Waals surface area contributed by atoms with Gasteiger partial charge in [-0.15, -0.1) is 0 Å². The van der Waals surface area contributed by atoms with Gasteiger partial charge >= 0.3 is 11.9 Å². The molecule has 0 saturated carbocycles. The van der Waals surface area contributed by atoms with E-state index in [0.29, 0.717) is 6.26 Å². The second kappa shape index (κ2) is 5.90. The summed E-state index contributed by atoms with van der Waals surface area (Å²) in [4.78, 5) is 21.7. The summed E-state index contributed by atoms with van der Waals surface area (Å²) in [7, 11) is 0. The molecule has 0 heterocycles. The fourth-order valence-corrected chi connectivity index (χ4v) is 0.445. The maximum atomic E-state index is 10.9. The monoisotopic (exact) mass is 202 g/mol. The fourth-order valence-electron chi connectivity index (χ4n) is 0.445. The first-order chi connectivity index (χ1) is 6.56. The van der Waals surface area contributed by atoms with Gasteiger partial charge in [-0.25, -0.2) is 9.59 Å². The molecule has 0 amide bonds. The van der Waals surface area contributed by atoms with Crippen LogP contribution in [0.25, 0.3) is 0 Å². The zero-order valence-corrected chi connectivity index (χ0v) is 7.27. The van der Waals surface area contributed by atoms with Crippen LogP contribution >= 0.6 is 0 Å². The van der Waals surface area contributed by atoms with E-state index in [0.717, 1.165) is 0 Å². The molecule has 0 bridgehead atoms. The van der Waals surface area contributed by atoms with Crippen molar-refractivity contribution in [3.8, 4) is 0 Å². The summed E-state index contributed by atoms with van der Waals surface area (Å²) >= 11 is 0. The largest absolute Gasteiger partial charge is 0.515 e. The maximum absolute atomic E-state index is 10.9. The Morgan fingerprint density at radius 2 is 1.79 bits per heavy atom. The molecule has 0 radical (unpaired) electrons. The van der Waals surface area contributed by atoms with Gasteiger partial charge in [0.1, 0.15) is 0 Å². The van der Waals surface area contributed by atoms with Crippen LogP contribution < -0.4 is 0 Å². The summed E-state index contributed by atoms with van der Waals surface area (Å²) in [6, 6.07) is 0. The molecule has 78 valence electrons. The van der Waals surface area contributed by atoms with Crippen LogP contribution in [0.5, 0.6) is 0 Å². The number of aliphatic hydroxyl groups excluding tert-OH is 3. The highest BCUT2D eigenvalue weighted by atomic mass is 16.6. The van der Waals surface area contributed by atoms with Crippen LogP contribution in [0.2, 0.25) is 0 Å². The molecule has 0 aromatic carbocycles. The van der Waals surface area contributed by atoms with Gasteiger partial charge in [0.2, 0.25) is 0 Å². The molecule has 0 unspecified atom stereocenters. The molecule has 0 rings (SSSR count). The van der Waals surface area contributed by atoms with Crippen molar-refractivity contribution in [1.29, 1.82) is 0 Å². The number of ether oxygens (including phenoxy) is 1. The van der Waals surface area contributed by atoms with Crippen molar-refractivity contribution in [2.24, 2.45) is 0 Å². The van der Waals surface area contributed by atoms with Gasteiger partial charge in [-0.3, -0.25) is 0 Å². The van der Waals surface area contributed by atoms with Crippen molar-refractivity contribution in [3.05, 3.63) is 24.0 Å². The van der Waals surface area contributed by atoms with E-state index < -0.39 is 30.7 Å². The van der Waals surface area contributed by atoms with Crippen LogP contribution in [0.1, 0.15) is 0 Å².